The fourth-order valence-corrected chi connectivity index (χ4v) is 2.24. The highest BCUT2D eigenvalue weighted by atomic mass is 35.5. The molecule has 0 aliphatic carbocycles. The lowest BCUT2D eigenvalue weighted by Gasteiger charge is -2.29. The summed E-state index contributed by atoms with van der Waals surface area (Å²) in [4.78, 5) is 11.9. The second kappa shape index (κ2) is 5.99. The molecule has 5 nitrogen and oxygen atoms in total. The van der Waals surface area contributed by atoms with Crippen LogP contribution in [0.15, 0.2) is 42.5 Å². The number of benzene rings is 2. The van der Waals surface area contributed by atoms with E-state index >= 15 is 0 Å². The molecule has 0 fully saturated rings. The lowest BCUT2D eigenvalue weighted by atomic mass is 10.3. The first-order valence-electron chi connectivity index (χ1n) is 6.78. The summed E-state index contributed by atoms with van der Waals surface area (Å²) in [5.41, 5.74) is -0.309. The van der Waals surface area contributed by atoms with Crippen LogP contribution in [0, 0.1) is 5.82 Å². The van der Waals surface area contributed by atoms with Gasteiger partial charge in [-0.3, -0.25) is 5.32 Å². The van der Waals surface area contributed by atoms with Gasteiger partial charge in [0.15, 0.2) is 11.5 Å². The van der Waals surface area contributed by atoms with E-state index in [-0.39, 0.29) is 22.2 Å². The van der Waals surface area contributed by atoms with E-state index in [4.69, 9.17) is 21.1 Å². The number of rotatable bonds is 2. The van der Waals surface area contributed by atoms with E-state index in [0.29, 0.717) is 0 Å². The minimum Gasteiger partial charge on any atom is -0.424 e. The van der Waals surface area contributed by atoms with Gasteiger partial charge in [0.25, 0.3) is 0 Å². The molecule has 1 aliphatic rings. The Labute approximate surface area is 143 Å². The number of carbonyl (C=O) groups is 1. The maximum atomic E-state index is 13.5. The van der Waals surface area contributed by atoms with E-state index in [0.717, 1.165) is 12.1 Å². The lowest BCUT2D eigenvalue weighted by molar-refractivity contribution is -0.317. The molecule has 0 saturated heterocycles. The van der Waals surface area contributed by atoms with Crippen molar-refractivity contribution < 1.29 is 31.8 Å². The number of hydrogen-bond acceptors (Lipinski definition) is 3. The Hall–Kier alpha value is -2.68. The first-order valence-corrected chi connectivity index (χ1v) is 7.16. The normalized spacial score (nSPS) is 18.8. The number of hydrogen-bond donors (Lipinski definition) is 2. The number of para-hydroxylation sites is 1. The number of amides is 2. The molecule has 0 unspecified atom stereocenters. The van der Waals surface area contributed by atoms with Gasteiger partial charge >= 0.3 is 18.1 Å². The molecule has 2 aromatic rings. The van der Waals surface area contributed by atoms with Crippen LogP contribution in [0.5, 0.6) is 11.5 Å². The molecule has 1 atom stereocenters. The first-order chi connectivity index (χ1) is 11.7. The zero-order valence-electron chi connectivity index (χ0n) is 12.2. The van der Waals surface area contributed by atoms with Crippen molar-refractivity contribution in [2.45, 2.75) is 12.1 Å². The van der Waals surface area contributed by atoms with Crippen molar-refractivity contribution in [3.05, 3.63) is 53.3 Å². The predicted octanol–water partition coefficient (Wildman–Crippen LogP) is 4.29. The smallest absolute Gasteiger partial charge is 0.424 e. The summed E-state index contributed by atoms with van der Waals surface area (Å²) >= 11 is 5.70. The number of fused-ring (bicyclic) bond motifs is 1. The molecule has 1 aliphatic heterocycles. The summed E-state index contributed by atoms with van der Waals surface area (Å²) in [5, 5.41) is 3.63. The van der Waals surface area contributed by atoms with E-state index in [1.54, 1.807) is 5.32 Å². The maximum Gasteiger partial charge on any atom is 0.492 e. The average Bonchev–Trinajstić information content (AvgIpc) is 2.87. The van der Waals surface area contributed by atoms with Crippen molar-refractivity contribution in [2.24, 2.45) is 0 Å². The average molecular weight is 377 g/mol. The largest absolute Gasteiger partial charge is 0.492 e. The van der Waals surface area contributed by atoms with Crippen LogP contribution in [-0.2, 0) is 0 Å². The zero-order chi connectivity index (χ0) is 18.2. The third-order valence-corrected chi connectivity index (χ3v) is 3.42. The van der Waals surface area contributed by atoms with Crippen LogP contribution in [0.2, 0.25) is 5.02 Å². The van der Waals surface area contributed by atoms with Crippen molar-refractivity contribution in [3.8, 4) is 11.5 Å². The van der Waals surface area contributed by atoms with Crippen LogP contribution in [0.25, 0.3) is 0 Å². The van der Waals surface area contributed by atoms with Gasteiger partial charge in [0.2, 0.25) is 0 Å². The molecule has 0 radical (unpaired) electrons. The van der Waals surface area contributed by atoms with Gasteiger partial charge in [-0.25, -0.2) is 9.18 Å². The summed E-state index contributed by atoms with van der Waals surface area (Å²) in [7, 11) is 0. The molecule has 0 saturated carbocycles. The van der Waals surface area contributed by atoms with Crippen LogP contribution >= 0.6 is 11.6 Å². The second-order valence-corrected chi connectivity index (χ2v) is 5.40. The van der Waals surface area contributed by atoms with E-state index < -0.39 is 23.9 Å². The Balaban J connectivity index is 1.84. The Morgan fingerprint density at radius 1 is 1.08 bits per heavy atom. The molecule has 0 aromatic heterocycles. The predicted molar refractivity (Wildman–Crippen MR) is 80.0 cm³/mol. The standard InChI is InChI=1S/C15H9ClF4N2O3/c16-8-5-6-11-12(7-8)25-15(24-11,14(18,19)20)22-13(23)21-10-4-2-1-3-9(10)17/h1-7H,(H2,21,22,23)/t15-/m0/s1. The van der Waals surface area contributed by atoms with Gasteiger partial charge in [-0.05, 0) is 24.3 Å². The van der Waals surface area contributed by atoms with Crippen molar-refractivity contribution >= 4 is 23.3 Å². The summed E-state index contributed by atoms with van der Waals surface area (Å²) < 4.78 is 63.5. The molecule has 10 heteroatoms. The van der Waals surface area contributed by atoms with Crippen LogP contribution < -0.4 is 20.1 Å². The molecule has 2 N–H and O–H groups in total. The molecule has 3 rings (SSSR count). The fourth-order valence-electron chi connectivity index (χ4n) is 2.08. The number of carbonyl (C=O) groups excluding carboxylic acids is 1. The number of alkyl halides is 3. The number of urea groups is 1. The quantitative estimate of drug-likeness (QED) is 0.769. The third kappa shape index (κ3) is 3.27. The first kappa shape index (κ1) is 17.2. The van der Waals surface area contributed by atoms with Gasteiger partial charge in [0.05, 0.1) is 5.69 Å². The molecule has 2 aromatic carbocycles. The zero-order valence-corrected chi connectivity index (χ0v) is 12.9. The third-order valence-electron chi connectivity index (χ3n) is 3.19. The molecular weight excluding hydrogens is 368 g/mol. The number of anilines is 1. The molecule has 0 bridgehead atoms. The summed E-state index contributed by atoms with van der Waals surface area (Å²) in [6, 6.07) is 7.19. The van der Waals surface area contributed by atoms with Gasteiger partial charge in [0.1, 0.15) is 5.82 Å². The van der Waals surface area contributed by atoms with E-state index in [1.807, 2.05) is 5.32 Å². The Bertz CT molecular complexity index is 831. The Kier molecular flexibility index (Phi) is 4.11. The molecule has 1 heterocycles. The van der Waals surface area contributed by atoms with Crippen molar-refractivity contribution in [2.75, 3.05) is 5.32 Å². The number of halogens is 5. The highest BCUT2D eigenvalue weighted by Gasteiger charge is 2.65. The van der Waals surface area contributed by atoms with Gasteiger partial charge in [-0.2, -0.15) is 13.2 Å². The summed E-state index contributed by atoms with van der Waals surface area (Å²) in [5.74, 6) is -4.83. The minimum absolute atomic E-state index is 0.121. The topological polar surface area (TPSA) is 59.6 Å². The SMILES string of the molecule is O=C(Nc1ccccc1F)N[C@@]1(C(F)(F)F)Oc2ccc(Cl)cc2O1. The van der Waals surface area contributed by atoms with E-state index in [2.05, 4.69) is 0 Å². The van der Waals surface area contributed by atoms with Crippen molar-refractivity contribution in [1.29, 1.82) is 0 Å². The van der Waals surface area contributed by atoms with E-state index in [1.165, 1.54) is 30.3 Å². The van der Waals surface area contributed by atoms with Crippen molar-refractivity contribution in [3.63, 3.8) is 0 Å². The molecule has 0 spiro atoms. The van der Waals surface area contributed by atoms with E-state index in [9.17, 15) is 22.4 Å². The summed E-state index contributed by atoms with van der Waals surface area (Å²) in [6.07, 6.45) is -5.13. The van der Waals surface area contributed by atoms with Crippen LogP contribution in [-0.4, -0.2) is 18.1 Å². The van der Waals surface area contributed by atoms with Crippen LogP contribution in [0.4, 0.5) is 28.0 Å². The maximum absolute atomic E-state index is 13.5. The molecular formula is C15H9ClF4N2O3. The number of nitrogens with one attached hydrogen (secondary N) is 2. The molecule has 132 valence electrons. The van der Waals surface area contributed by atoms with Crippen LogP contribution in [0.1, 0.15) is 0 Å². The Morgan fingerprint density at radius 2 is 1.76 bits per heavy atom. The van der Waals surface area contributed by atoms with Crippen LogP contribution in [0.3, 0.4) is 0 Å². The monoisotopic (exact) mass is 376 g/mol. The number of ether oxygens (including phenoxy) is 2. The summed E-state index contributed by atoms with van der Waals surface area (Å²) in [6.45, 7) is 0. The Morgan fingerprint density at radius 3 is 2.44 bits per heavy atom. The van der Waals surface area contributed by atoms with Gasteiger partial charge < -0.3 is 14.8 Å². The molecule has 2 amide bonds. The van der Waals surface area contributed by atoms with Crippen molar-refractivity contribution in [1.82, 2.24) is 5.32 Å². The van der Waals surface area contributed by atoms with Gasteiger partial charge in [-0.1, -0.05) is 23.7 Å². The lowest BCUT2D eigenvalue weighted by Crippen LogP contribution is -2.65. The van der Waals surface area contributed by atoms with Gasteiger partial charge in [0, 0.05) is 11.1 Å². The minimum atomic E-state index is -5.13. The second-order valence-electron chi connectivity index (χ2n) is 4.97. The fraction of sp³-hybridized carbons (Fsp3) is 0.133. The van der Waals surface area contributed by atoms with Gasteiger partial charge in [-0.15, -0.1) is 0 Å². The highest BCUT2D eigenvalue weighted by molar-refractivity contribution is 6.30. The molecule has 25 heavy (non-hydrogen) atoms. The highest BCUT2D eigenvalue weighted by Crippen LogP contribution is 2.46.